The summed E-state index contributed by atoms with van der Waals surface area (Å²) in [6.07, 6.45) is 4.36. The molecule has 0 saturated heterocycles. The molecular weight excluding hydrogens is 304 g/mol. The largest absolute Gasteiger partial charge is 0.480 e. The zero-order valence-corrected chi connectivity index (χ0v) is 13.1. The summed E-state index contributed by atoms with van der Waals surface area (Å²) in [6, 6.07) is 9.18. The Morgan fingerprint density at radius 2 is 1.95 bits per heavy atom. The van der Waals surface area contributed by atoms with Crippen molar-refractivity contribution in [3.8, 4) is 0 Å². The molecule has 1 saturated carbocycles. The highest BCUT2D eigenvalue weighted by atomic mass is 35.5. The van der Waals surface area contributed by atoms with Gasteiger partial charge in [0, 0.05) is 12.1 Å². The lowest BCUT2D eigenvalue weighted by atomic mass is 10.1. The van der Waals surface area contributed by atoms with Gasteiger partial charge in [-0.3, -0.25) is 14.5 Å². The molecule has 1 atom stereocenters. The van der Waals surface area contributed by atoms with Gasteiger partial charge in [-0.05, 0) is 36.8 Å². The number of benzene rings is 1. The van der Waals surface area contributed by atoms with Crippen molar-refractivity contribution in [3.05, 3.63) is 35.4 Å². The summed E-state index contributed by atoms with van der Waals surface area (Å²) in [6.45, 7) is -0.0183. The molecular formula is C16H21ClN2O3. The van der Waals surface area contributed by atoms with Crippen LogP contribution >= 0.6 is 12.4 Å². The zero-order chi connectivity index (χ0) is 14.8. The van der Waals surface area contributed by atoms with Gasteiger partial charge in [-0.2, -0.15) is 0 Å². The summed E-state index contributed by atoms with van der Waals surface area (Å²) >= 11 is 0. The number of rotatable bonds is 6. The van der Waals surface area contributed by atoms with E-state index in [0.29, 0.717) is 12.1 Å². The van der Waals surface area contributed by atoms with E-state index in [4.69, 9.17) is 5.11 Å². The van der Waals surface area contributed by atoms with Gasteiger partial charge in [0.05, 0.1) is 6.54 Å². The van der Waals surface area contributed by atoms with Gasteiger partial charge >= 0.3 is 5.97 Å². The Hall–Kier alpha value is -1.59. The van der Waals surface area contributed by atoms with Crippen molar-refractivity contribution >= 4 is 24.3 Å². The van der Waals surface area contributed by atoms with Crippen molar-refractivity contribution in [1.82, 2.24) is 10.2 Å². The van der Waals surface area contributed by atoms with Gasteiger partial charge in [0.15, 0.2) is 0 Å². The van der Waals surface area contributed by atoms with E-state index in [1.54, 1.807) is 0 Å². The number of fused-ring (bicyclic) bond motifs is 1. The summed E-state index contributed by atoms with van der Waals surface area (Å²) in [5.41, 5.74) is 2.70. The van der Waals surface area contributed by atoms with Crippen molar-refractivity contribution in [2.24, 2.45) is 0 Å². The zero-order valence-electron chi connectivity index (χ0n) is 12.3. The van der Waals surface area contributed by atoms with E-state index >= 15 is 0 Å². The van der Waals surface area contributed by atoms with E-state index in [9.17, 15) is 9.59 Å². The van der Waals surface area contributed by atoms with Crippen LogP contribution in [0.1, 0.15) is 36.4 Å². The molecule has 0 bridgehead atoms. The lowest BCUT2D eigenvalue weighted by Gasteiger charge is -2.29. The highest BCUT2D eigenvalue weighted by molar-refractivity contribution is 5.85. The van der Waals surface area contributed by atoms with Crippen LogP contribution in [0.5, 0.6) is 0 Å². The van der Waals surface area contributed by atoms with E-state index in [-0.39, 0.29) is 31.4 Å². The van der Waals surface area contributed by atoms with E-state index in [1.165, 1.54) is 11.1 Å². The Bertz CT molecular complexity index is 560. The van der Waals surface area contributed by atoms with Crippen molar-refractivity contribution < 1.29 is 14.7 Å². The fourth-order valence-electron chi connectivity index (χ4n) is 3.18. The number of carboxylic acids is 1. The average Bonchev–Trinajstić information content (AvgIpc) is 3.22. The number of aryl methyl sites for hydroxylation is 1. The maximum Gasteiger partial charge on any atom is 0.322 e. The average molecular weight is 325 g/mol. The Labute approximate surface area is 136 Å². The quantitative estimate of drug-likeness (QED) is 0.836. The maximum absolute atomic E-state index is 11.9. The van der Waals surface area contributed by atoms with Crippen LogP contribution in [0.25, 0.3) is 0 Å². The molecule has 1 amide bonds. The maximum atomic E-state index is 11.9. The molecule has 6 heteroatoms. The highest BCUT2D eigenvalue weighted by Gasteiger charge is 2.38. The molecule has 0 aliphatic heterocycles. The van der Waals surface area contributed by atoms with Crippen molar-refractivity contribution in [2.45, 2.75) is 37.8 Å². The molecule has 5 nitrogen and oxygen atoms in total. The van der Waals surface area contributed by atoms with E-state index in [1.807, 2.05) is 6.07 Å². The third-order valence-corrected chi connectivity index (χ3v) is 4.28. The molecule has 1 fully saturated rings. The predicted molar refractivity (Wildman–Crippen MR) is 85.1 cm³/mol. The molecule has 1 unspecified atom stereocenters. The van der Waals surface area contributed by atoms with Crippen LogP contribution in [0.15, 0.2) is 24.3 Å². The summed E-state index contributed by atoms with van der Waals surface area (Å²) < 4.78 is 0. The number of nitrogens with zero attached hydrogens (tertiary/aromatic N) is 1. The molecule has 1 aromatic carbocycles. The van der Waals surface area contributed by atoms with Gasteiger partial charge in [0.2, 0.25) is 5.91 Å². The van der Waals surface area contributed by atoms with Crippen molar-refractivity contribution in [2.75, 3.05) is 13.1 Å². The Balaban J connectivity index is 0.00000176. The minimum absolute atomic E-state index is 0. The van der Waals surface area contributed by atoms with Crippen LogP contribution in [-0.4, -0.2) is 41.0 Å². The predicted octanol–water partition coefficient (Wildman–Crippen LogP) is 1.76. The molecule has 0 aromatic heterocycles. The molecule has 22 heavy (non-hydrogen) atoms. The second kappa shape index (κ2) is 7.11. The van der Waals surface area contributed by atoms with Crippen molar-refractivity contribution in [1.29, 1.82) is 0 Å². The first-order valence-corrected chi connectivity index (χ1v) is 7.47. The number of carbonyl (C=O) groups is 2. The number of carboxylic acid groups (broad SMARTS) is 1. The number of carbonyl (C=O) groups excluding carboxylic acids is 1. The summed E-state index contributed by atoms with van der Waals surface area (Å²) in [5, 5.41) is 11.1. The molecule has 0 radical (unpaired) electrons. The van der Waals surface area contributed by atoms with Crippen LogP contribution in [0.4, 0.5) is 0 Å². The molecule has 2 N–H and O–H groups in total. The number of halogens is 1. The van der Waals surface area contributed by atoms with E-state index in [0.717, 1.165) is 25.7 Å². The number of hydrogen-bond donors (Lipinski definition) is 2. The van der Waals surface area contributed by atoms with Gasteiger partial charge in [-0.15, -0.1) is 12.4 Å². The van der Waals surface area contributed by atoms with Crippen LogP contribution in [0.2, 0.25) is 0 Å². The van der Waals surface area contributed by atoms with Crippen LogP contribution in [0.3, 0.4) is 0 Å². The van der Waals surface area contributed by atoms with Crippen molar-refractivity contribution in [3.63, 3.8) is 0 Å². The van der Waals surface area contributed by atoms with Gasteiger partial charge in [0.25, 0.3) is 0 Å². The fourth-order valence-corrected chi connectivity index (χ4v) is 3.18. The SMILES string of the molecule is Cl.O=C(O)CNC(=O)CN(C1CC1)C1CCc2ccccc21. The van der Waals surface area contributed by atoms with Gasteiger partial charge in [-0.25, -0.2) is 0 Å². The number of amides is 1. The third-order valence-electron chi connectivity index (χ3n) is 4.28. The normalized spacial score (nSPS) is 19.4. The van der Waals surface area contributed by atoms with Gasteiger partial charge in [-0.1, -0.05) is 24.3 Å². The highest BCUT2D eigenvalue weighted by Crippen LogP contribution is 2.41. The number of nitrogens with one attached hydrogen (secondary N) is 1. The molecule has 0 spiro atoms. The standard InChI is InChI=1S/C16H20N2O3.ClH/c19-15(17-9-16(20)21)10-18(12-6-7-12)14-8-5-11-3-1-2-4-13(11)14;/h1-4,12,14H,5-10H2,(H,17,19)(H,20,21);1H. The molecule has 3 rings (SSSR count). The van der Waals surface area contributed by atoms with E-state index in [2.05, 4.69) is 28.4 Å². The topological polar surface area (TPSA) is 69.6 Å². The van der Waals surface area contributed by atoms with Crippen LogP contribution < -0.4 is 5.32 Å². The van der Waals surface area contributed by atoms with E-state index < -0.39 is 5.97 Å². The Morgan fingerprint density at radius 3 is 2.64 bits per heavy atom. The Kier molecular flexibility index (Phi) is 5.42. The summed E-state index contributed by atoms with van der Waals surface area (Å²) in [5.74, 6) is -1.21. The lowest BCUT2D eigenvalue weighted by Crippen LogP contribution is -2.41. The summed E-state index contributed by atoms with van der Waals surface area (Å²) in [7, 11) is 0. The molecule has 120 valence electrons. The first-order chi connectivity index (χ1) is 10.1. The second-order valence-electron chi connectivity index (χ2n) is 5.83. The molecule has 0 heterocycles. The fraction of sp³-hybridized carbons (Fsp3) is 0.500. The first kappa shape index (κ1) is 16.8. The Morgan fingerprint density at radius 1 is 1.23 bits per heavy atom. The minimum Gasteiger partial charge on any atom is -0.480 e. The first-order valence-electron chi connectivity index (χ1n) is 7.47. The number of hydrogen-bond acceptors (Lipinski definition) is 3. The second-order valence-corrected chi connectivity index (χ2v) is 5.83. The molecule has 2 aliphatic rings. The number of aliphatic carboxylic acids is 1. The van der Waals surface area contributed by atoms with Crippen LogP contribution in [0, 0.1) is 0 Å². The molecule has 1 aromatic rings. The summed E-state index contributed by atoms with van der Waals surface area (Å²) in [4.78, 5) is 24.7. The smallest absolute Gasteiger partial charge is 0.322 e. The lowest BCUT2D eigenvalue weighted by molar-refractivity contribution is -0.138. The van der Waals surface area contributed by atoms with Gasteiger partial charge in [0.1, 0.15) is 6.54 Å². The van der Waals surface area contributed by atoms with Crippen LogP contribution in [-0.2, 0) is 16.0 Å². The van der Waals surface area contributed by atoms with Gasteiger partial charge < -0.3 is 10.4 Å². The monoisotopic (exact) mass is 324 g/mol. The molecule has 2 aliphatic carbocycles. The third kappa shape index (κ3) is 3.78. The minimum atomic E-state index is -1.01.